The predicted octanol–water partition coefficient (Wildman–Crippen LogP) is 6.49. The maximum atomic E-state index is 12.4. The summed E-state index contributed by atoms with van der Waals surface area (Å²) in [6.45, 7) is 5.40. The molecule has 4 aliphatic rings. The van der Waals surface area contributed by atoms with Gasteiger partial charge in [-0.25, -0.2) is 14.0 Å². The molecule has 4 bridgehead atoms. The van der Waals surface area contributed by atoms with Crippen molar-refractivity contribution in [3.8, 4) is 0 Å². The van der Waals surface area contributed by atoms with E-state index in [2.05, 4.69) is 5.32 Å². The summed E-state index contributed by atoms with van der Waals surface area (Å²) in [6.07, 6.45) is 8.75. The van der Waals surface area contributed by atoms with E-state index >= 15 is 0 Å². The zero-order chi connectivity index (χ0) is 24.8. The van der Waals surface area contributed by atoms with Gasteiger partial charge in [-0.2, -0.15) is 0 Å². The molecule has 4 saturated carbocycles. The lowest BCUT2D eigenvalue weighted by molar-refractivity contribution is -0.0444. The van der Waals surface area contributed by atoms with Gasteiger partial charge in [0.25, 0.3) is 0 Å². The van der Waals surface area contributed by atoms with Crippen LogP contribution in [0.4, 0.5) is 10.1 Å². The van der Waals surface area contributed by atoms with Gasteiger partial charge in [-0.05, 0) is 124 Å². The molecule has 2 aromatic rings. The largest absolute Gasteiger partial charge is 0.462 e. The normalized spacial score (nSPS) is 25.9. The first-order valence-corrected chi connectivity index (χ1v) is 12.8. The second kappa shape index (κ2) is 11.2. The zero-order valence-electron chi connectivity index (χ0n) is 20.7. The fraction of sp³-hybridized carbons (Fsp3) is 0.517. The molecule has 4 aliphatic carbocycles. The van der Waals surface area contributed by atoms with Crippen LogP contribution in [0.2, 0.25) is 0 Å². The van der Waals surface area contributed by atoms with Crippen molar-refractivity contribution in [2.45, 2.75) is 52.4 Å². The van der Waals surface area contributed by atoms with E-state index < -0.39 is 5.97 Å². The van der Waals surface area contributed by atoms with Crippen LogP contribution in [-0.4, -0.2) is 31.7 Å². The van der Waals surface area contributed by atoms with Crippen molar-refractivity contribution >= 4 is 17.6 Å². The molecular formula is C29H36FNO4. The smallest absolute Gasteiger partial charge is 0.338 e. The molecule has 188 valence electrons. The van der Waals surface area contributed by atoms with Crippen LogP contribution < -0.4 is 5.32 Å². The molecule has 0 unspecified atom stereocenters. The van der Waals surface area contributed by atoms with Crippen molar-refractivity contribution in [1.29, 1.82) is 0 Å². The summed E-state index contributed by atoms with van der Waals surface area (Å²) < 4.78 is 22.1. The summed E-state index contributed by atoms with van der Waals surface area (Å²) in [5, 5.41) is 3.65. The summed E-state index contributed by atoms with van der Waals surface area (Å²) in [6, 6.07) is 13.0. The lowest BCUT2D eigenvalue weighted by atomic mass is 9.49. The van der Waals surface area contributed by atoms with Gasteiger partial charge in [-0.3, -0.25) is 0 Å². The third-order valence-corrected chi connectivity index (χ3v) is 7.58. The Kier molecular flexibility index (Phi) is 8.09. The van der Waals surface area contributed by atoms with Crippen molar-refractivity contribution < 1.29 is 23.5 Å². The monoisotopic (exact) mass is 481 g/mol. The van der Waals surface area contributed by atoms with Gasteiger partial charge in [0.05, 0.1) is 24.3 Å². The van der Waals surface area contributed by atoms with E-state index in [-0.39, 0.29) is 11.8 Å². The number of esters is 2. The number of carbonyl (C=O) groups is 2. The second-order valence-corrected chi connectivity index (χ2v) is 10.3. The average Bonchev–Trinajstić information content (AvgIpc) is 2.83. The number of benzene rings is 2. The number of hydrogen-bond acceptors (Lipinski definition) is 5. The molecule has 2 aromatic carbocycles. The van der Waals surface area contributed by atoms with Gasteiger partial charge < -0.3 is 14.8 Å². The van der Waals surface area contributed by atoms with E-state index in [4.69, 9.17) is 9.47 Å². The molecule has 0 aliphatic heterocycles. The van der Waals surface area contributed by atoms with Gasteiger partial charge in [-0.15, -0.1) is 0 Å². The third-order valence-electron chi connectivity index (χ3n) is 7.58. The van der Waals surface area contributed by atoms with Crippen LogP contribution >= 0.6 is 0 Å². The Labute approximate surface area is 207 Å². The van der Waals surface area contributed by atoms with E-state index in [1.54, 1.807) is 6.92 Å². The van der Waals surface area contributed by atoms with Crippen LogP contribution in [0.5, 0.6) is 0 Å². The molecule has 4 fully saturated rings. The van der Waals surface area contributed by atoms with Crippen molar-refractivity contribution in [1.82, 2.24) is 0 Å². The number of ether oxygens (including phenoxy) is 2. The molecule has 6 heteroatoms. The number of rotatable bonds is 7. The van der Waals surface area contributed by atoms with Gasteiger partial charge in [-0.1, -0.05) is 0 Å². The van der Waals surface area contributed by atoms with E-state index in [0.717, 1.165) is 30.0 Å². The highest BCUT2D eigenvalue weighted by Crippen LogP contribution is 2.59. The van der Waals surface area contributed by atoms with Crippen LogP contribution in [0.15, 0.2) is 48.5 Å². The van der Waals surface area contributed by atoms with Gasteiger partial charge in [0, 0.05) is 12.2 Å². The molecule has 0 radical (unpaired) electrons. The van der Waals surface area contributed by atoms with Crippen LogP contribution in [0, 0.1) is 29.0 Å². The molecule has 0 saturated heterocycles. The van der Waals surface area contributed by atoms with E-state index in [9.17, 15) is 14.0 Å². The van der Waals surface area contributed by atoms with E-state index in [1.807, 2.05) is 31.2 Å². The maximum absolute atomic E-state index is 12.4. The van der Waals surface area contributed by atoms with Crippen molar-refractivity contribution in [2.75, 3.05) is 25.1 Å². The highest BCUT2D eigenvalue weighted by atomic mass is 19.1. The fourth-order valence-corrected chi connectivity index (χ4v) is 6.54. The third kappa shape index (κ3) is 6.41. The lowest BCUT2D eigenvalue weighted by Gasteiger charge is -2.57. The molecule has 1 N–H and O–H groups in total. The maximum Gasteiger partial charge on any atom is 0.338 e. The SMILES string of the molecule is CCOC(=O)c1ccc(F)cc1.CCOC(=O)c1ccc(NCC23CC4CC(CC(C4)C2)C3)cc1. The fourth-order valence-electron chi connectivity index (χ4n) is 6.54. The standard InChI is InChI=1S/C20H27NO2.C9H9FO2/c1-2-23-19(22)17-3-5-18(6-4-17)21-13-20-10-14-7-15(11-20)9-16(8-14)12-20;1-2-12-9(11)7-3-5-8(10)6-4-7/h3-6,14-16,21H,2,7-13H2,1H3;3-6H,2H2,1H3. The van der Waals surface area contributed by atoms with Gasteiger partial charge in [0.2, 0.25) is 0 Å². The Morgan fingerprint density at radius 1 is 0.800 bits per heavy atom. The summed E-state index contributed by atoms with van der Waals surface area (Å²) >= 11 is 0. The zero-order valence-corrected chi connectivity index (χ0v) is 20.7. The Balaban J connectivity index is 0.000000204. The van der Waals surface area contributed by atoms with Crippen LogP contribution in [-0.2, 0) is 9.47 Å². The highest BCUT2D eigenvalue weighted by Gasteiger charge is 2.50. The van der Waals surface area contributed by atoms with E-state index in [0.29, 0.717) is 29.8 Å². The topological polar surface area (TPSA) is 64.6 Å². The Hall–Kier alpha value is -2.89. The Bertz CT molecular complexity index is 967. The minimum absolute atomic E-state index is 0.236. The number of hydrogen-bond donors (Lipinski definition) is 1. The number of halogens is 1. The van der Waals surface area contributed by atoms with Crippen LogP contribution in [0.25, 0.3) is 0 Å². The van der Waals surface area contributed by atoms with Gasteiger partial charge >= 0.3 is 11.9 Å². The number of nitrogens with one attached hydrogen (secondary N) is 1. The summed E-state index contributed by atoms with van der Waals surface area (Å²) in [4.78, 5) is 22.7. The lowest BCUT2D eigenvalue weighted by Crippen LogP contribution is -2.49. The molecule has 0 atom stereocenters. The summed E-state index contributed by atoms with van der Waals surface area (Å²) in [5.41, 5.74) is 2.66. The molecule has 0 spiro atoms. The number of anilines is 1. The quantitative estimate of drug-likeness (QED) is 0.458. The highest BCUT2D eigenvalue weighted by molar-refractivity contribution is 5.90. The molecule has 6 rings (SSSR count). The van der Waals surface area contributed by atoms with Crippen molar-refractivity contribution in [3.63, 3.8) is 0 Å². The Morgan fingerprint density at radius 3 is 1.66 bits per heavy atom. The molecule has 35 heavy (non-hydrogen) atoms. The Morgan fingerprint density at radius 2 is 1.23 bits per heavy atom. The predicted molar refractivity (Wildman–Crippen MR) is 134 cm³/mol. The minimum atomic E-state index is -0.419. The van der Waals surface area contributed by atoms with Crippen LogP contribution in [0.3, 0.4) is 0 Å². The first kappa shape index (κ1) is 25.2. The molecular weight excluding hydrogens is 445 g/mol. The van der Waals surface area contributed by atoms with Crippen LogP contribution in [0.1, 0.15) is 73.1 Å². The average molecular weight is 482 g/mol. The second-order valence-electron chi connectivity index (χ2n) is 10.3. The number of carbonyl (C=O) groups excluding carboxylic acids is 2. The first-order chi connectivity index (χ1) is 16.9. The molecule has 0 aromatic heterocycles. The van der Waals surface area contributed by atoms with Gasteiger partial charge in [0.1, 0.15) is 5.82 Å². The first-order valence-electron chi connectivity index (χ1n) is 12.8. The van der Waals surface area contributed by atoms with E-state index in [1.165, 1.54) is 62.8 Å². The van der Waals surface area contributed by atoms with Crippen molar-refractivity contribution in [2.24, 2.45) is 23.2 Å². The summed E-state index contributed by atoms with van der Waals surface area (Å²) in [5.74, 6) is 1.97. The minimum Gasteiger partial charge on any atom is -0.462 e. The molecule has 0 heterocycles. The van der Waals surface area contributed by atoms with Crippen molar-refractivity contribution in [3.05, 3.63) is 65.5 Å². The molecule has 5 nitrogen and oxygen atoms in total. The molecule has 0 amide bonds. The summed E-state index contributed by atoms with van der Waals surface area (Å²) in [7, 11) is 0. The van der Waals surface area contributed by atoms with Gasteiger partial charge in [0.15, 0.2) is 0 Å².